The van der Waals surface area contributed by atoms with Gasteiger partial charge in [-0.3, -0.25) is 4.79 Å². The number of hydrogen-bond donors (Lipinski definition) is 0. The van der Waals surface area contributed by atoms with E-state index in [1.165, 1.54) is 12.1 Å². The molecule has 0 aliphatic rings. The second kappa shape index (κ2) is 4.86. The molecule has 0 radical (unpaired) electrons. The van der Waals surface area contributed by atoms with Crippen LogP contribution in [0.15, 0.2) is 30.3 Å². The average molecular weight is 281 g/mol. The van der Waals surface area contributed by atoms with E-state index >= 15 is 0 Å². The van der Waals surface area contributed by atoms with Gasteiger partial charge in [-0.25, -0.2) is 0 Å². The molecule has 0 aliphatic heterocycles. The summed E-state index contributed by atoms with van der Waals surface area (Å²) < 4.78 is 38.0. The maximum Gasteiger partial charge on any atom is 0.416 e. The van der Waals surface area contributed by atoms with Crippen LogP contribution in [0.2, 0.25) is 0 Å². The van der Waals surface area contributed by atoms with Crippen LogP contribution in [0, 0.1) is 11.3 Å². The summed E-state index contributed by atoms with van der Waals surface area (Å²) in [6.07, 6.45) is -3.97. The summed E-state index contributed by atoms with van der Waals surface area (Å²) in [7, 11) is 0. The van der Waals surface area contributed by atoms with E-state index in [4.69, 9.17) is 5.26 Å². The molecule has 0 fully saturated rings. The fourth-order valence-corrected chi connectivity index (χ4v) is 2.43. The third-order valence-electron chi connectivity index (χ3n) is 2.49. The summed E-state index contributed by atoms with van der Waals surface area (Å²) >= 11 is 1.05. The van der Waals surface area contributed by atoms with Crippen molar-refractivity contribution >= 4 is 17.6 Å². The number of thiophene rings is 1. The third kappa shape index (κ3) is 2.66. The molecule has 2 rings (SSSR count). The second-order valence-corrected chi connectivity index (χ2v) is 4.78. The highest BCUT2D eigenvalue weighted by atomic mass is 32.1. The van der Waals surface area contributed by atoms with Crippen molar-refractivity contribution in [1.29, 1.82) is 5.26 Å². The van der Waals surface area contributed by atoms with Crippen LogP contribution < -0.4 is 0 Å². The van der Waals surface area contributed by atoms with E-state index in [-0.39, 0.29) is 11.1 Å². The highest BCUT2D eigenvalue weighted by Gasteiger charge is 2.31. The summed E-state index contributed by atoms with van der Waals surface area (Å²) in [5.74, 6) is 0. The van der Waals surface area contributed by atoms with Crippen molar-refractivity contribution in [3.05, 3.63) is 46.3 Å². The van der Waals surface area contributed by atoms with E-state index in [0.29, 0.717) is 16.0 Å². The molecule has 0 amide bonds. The van der Waals surface area contributed by atoms with E-state index in [9.17, 15) is 18.0 Å². The Kier molecular flexibility index (Phi) is 3.40. The zero-order valence-electron chi connectivity index (χ0n) is 9.36. The quantitative estimate of drug-likeness (QED) is 0.777. The minimum absolute atomic E-state index is 0.166. The lowest BCUT2D eigenvalue weighted by Crippen LogP contribution is -2.05. The van der Waals surface area contributed by atoms with Crippen LogP contribution in [0.25, 0.3) is 10.4 Å². The Balaban J connectivity index is 2.60. The molecule has 96 valence electrons. The number of carbonyl (C=O) groups excluding carboxylic acids is 1. The summed E-state index contributed by atoms with van der Waals surface area (Å²) in [5.41, 5.74) is -0.462. The number of aldehydes is 1. The molecule has 0 aliphatic carbocycles. The van der Waals surface area contributed by atoms with E-state index in [1.54, 1.807) is 0 Å². The van der Waals surface area contributed by atoms with Crippen LogP contribution in [0.3, 0.4) is 0 Å². The molecule has 19 heavy (non-hydrogen) atoms. The van der Waals surface area contributed by atoms with Gasteiger partial charge in [0.2, 0.25) is 0 Å². The van der Waals surface area contributed by atoms with Crippen molar-refractivity contribution in [2.75, 3.05) is 0 Å². The van der Waals surface area contributed by atoms with Crippen LogP contribution in [0.5, 0.6) is 0 Å². The lowest BCUT2D eigenvalue weighted by atomic mass is 10.0. The molecule has 0 atom stereocenters. The number of nitriles is 1. The molecule has 0 unspecified atom stereocenters. The Labute approximate surface area is 110 Å². The van der Waals surface area contributed by atoms with Crippen molar-refractivity contribution in [3.8, 4) is 16.5 Å². The molecule has 1 aromatic carbocycles. The SMILES string of the molecule is N#Cc1ccc(-c2cc(C(F)(F)F)ccc2C=O)s1. The van der Waals surface area contributed by atoms with Crippen LogP contribution in [-0.4, -0.2) is 6.29 Å². The molecule has 0 saturated carbocycles. The lowest BCUT2D eigenvalue weighted by Gasteiger charge is -2.09. The predicted molar refractivity (Wildman–Crippen MR) is 64.9 cm³/mol. The first-order valence-electron chi connectivity index (χ1n) is 5.12. The number of halogens is 3. The Hall–Kier alpha value is -2.13. The average Bonchev–Trinajstić information content (AvgIpc) is 2.85. The largest absolute Gasteiger partial charge is 0.416 e. The first-order chi connectivity index (χ1) is 8.95. The lowest BCUT2D eigenvalue weighted by molar-refractivity contribution is -0.137. The van der Waals surface area contributed by atoms with Gasteiger partial charge < -0.3 is 0 Å². The van der Waals surface area contributed by atoms with Gasteiger partial charge >= 0.3 is 6.18 Å². The minimum Gasteiger partial charge on any atom is -0.298 e. The van der Waals surface area contributed by atoms with Crippen molar-refractivity contribution in [1.82, 2.24) is 0 Å². The highest BCUT2D eigenvalue weighted by Crippen LogP contribution is 2.36. The minimum atomic E-state index is -4.47. The summed E-state index contributed by atoms with van der Waals surface area (Å²) in [5, 5.41) is 8.72. The highest BCUT2D eigenvalue weighted by molar-refractivity contribution is 7.16. The Morgan fingerprint density at radius 3 is 2.47 bits per heavy atom. The monoisotopic (exact) mass is 281 g/mol. The summed E-state index contributed by atoms with van der Waals surface area (Å²) in [6.45, 7) is 0. The van der Waals surface area contributed by atoms with Gasteiger partial charge in [0.15, 0.2) is 6.29 Å². The number of carbonyl (C=O) groups is 1. The zero-order valence-corrected chi connectivity index (χ0v) is 10.2. The second-order valence-electron chi connectivity index (χ2n) is 3.69. The first kappa shape index (κ1) is 13.3. The fraction of sp³-hybridized carbons (Fsp3) is 0.0769. The molecule has 0 spiro atoms. The van der Waals surface area contributed by atoms with Gasteiger partial charge in [0.05, 0.1) is 5.56 Å². The number of hydrogen-bond acceptors (Lipinski definition) is 3. The van der Waals surface area contributed by atoms with Crippen LogP contribution in [0.1, 0.15) is 20.8 Å². The Bertz CT molecular complexity index is 667. The summed E-state index contributed by atoms with van der Waals surface area (Å²) in [4.78, 5) is 11.7. The smallest absolute Gasteiger partial charge is 0.298 e. The summed E-state index contributed by atoms with van der Waals surface area (Å²) in [6, 6.07) is 7.88. The van der Waals surface area contributed by atoms with Crippen molar-refractivity contribution in [2.24, 2.45) is 0 Å². The number of benzene rings is 1. The van der Waals surface area contributed by atoms with E-state index in [2.05, 4.69) is 0 Å². The number of nitrogens with zero attached hydrogens (tertiary/aromatic N) is 1. The Morgan fingerprint density at radius 1 is 1.21 bits per heavy atom. The van der Waals surface area contributed by atoms with Crippen molar-refractivity contribution in [3.63, 3.8) is 0 Å². The Morgan fingerprint density at radius 2 is 1.95 bits per heavy atom. The normalized spacial score (nSPS) is 11.1. The molecule has 2 nitrogen and oxygen atoms in total. The van der Waals surface area contributed by atoms with Gasteiger partial charge in [0.1, 0.15) is 10.9 Å². The first-order valence-corrected chi connectivity index (χ1v) is 5.94. The molecule has 6 heteroatoms. The number of alkyl halides is 3. The van der Waals surface area contributed by atoms with E-state index in [0.717, 1.165) is 29.5 Å². The van der Waals surface area contributed by atoms with Crippen molar-refractivity contribution < 1.29 is 18.0 Å². The maximum atomic E-state index is 12.7. The third-order valence-corrected chi connectivity index (χ3v) is 3.51. The predicted octanol–water partition coefficient (Wildman–Crippen LogP) is 4.12. The van der Waals surface area contributed by atoms with Gasteiger partial charge in [0, 0.05) is 16.0 Å². The zero-order chi connectivity index (χ0) is 14.0. The van der Waals surface area contributed by atoms with Gasteiger partial charge in [0.25, 0.3) is 0 Å². The molecular formula is C13H6F3NOS. The van der Waals surface area contributed by atoms with Gasteiger partial charge in [-0.05, 0) is 24.3 Å². The fourth-order valence-electron chi connectivity index (χ4n) is 1.59. The van der Waals surface area contributed by atoms with Crippen LogP contribution in [0.4, 0.5) is 13.2 Å². The molecule has 1 aromatic heterocycles. The molecule has 0 N–H and O–H groups in total. The molecule has 0 bridgehead atoms. The van der Waals surface area contributed by atoms with E-state index in [1.807, 2.05) is 6.07 Å². The van der Waals surface area contributed by atoms with Crippen molar-refractivity contribution in [2.45, 2.75) is 6.18 Å². The molecule has 1 heterocycles. The van der Waals surface area contributed by atoms with E-state index < -0.39 is 11.7 Å². The standard InChI is InChI=1S/C13H6F3NOS/c14-13(15,16)9-2-1-8(7-18)11(5-9)12-4-3-10(6-17)19-12/h1-5,7H. The molecule has 0 saturated heterocycles. The molecular weight excluding hydrogens is 275 g/mol. The van der Waals surface area contributed by atoms with Gasteiger partial charge in [-0.2, -0.15) is 18.4 Å². The van der Waals surface area contributed by atoms with Gasteiger partial charge in [-0.15, -0.1) is 11.3 Å². The van der Waals surface area contributed by atoms with Crippen LogP contribution in [-0.2, 0) is 6.18 Å². The number of rotatable bonds is 2. The topological polar surface area (TPSA) is 40.9 Å². The molecule has 2 aromatic rings. The van der Waals surface area contributed by atoms with Gasteiger partial charge in [-0.1, -0.05) is 6.07 Å². The maximum absolute atomic E-state index is 12.7. The van der Waals surface area contributed by atoms with Crippen LogP contribution >= 0.6 is 11.3 Å².